The summed E-state index contributed by atoms with van der Waals surface area (Å²) in [6.07, 6.45) is 6.44. The summed E-state index contributed by atoms with van der Waals surface area (Å²) >= 11 is 0. The first-order valence-corrected chi connectivity index (χ1v) is 10.8. The fourth-order valence-electron chi connectivity index (χ4n) is 3.32. The lowest BCUT2D eigenvalue weighted by molar-refractivity contribution is 0.0648. The Bertz CT molecular complexity index is 664. The molecule has 6 heteroatoms. The molecule has 2 rings (SSSR count). The van der Waals surface area contributed by atoms with E-state index in [4.69, 9.17) is 0 Å². The molecule has 0 heterocycles. The van der Waals surface area contributed by atoms with Gasteiger partial charge in [-0.3, -0.25) is 4.79 Å². The van der Waals surface area contributed by atoms with Crippen LogP contribution in [0.1, 0.15) is 69.7 Å². The second-order valence-corrected chi connectivity index (χ2v) is 8.55. The van der Waals surface area contributed by atoms with Crippen molar-refractivity contribution in [3.05, 3.63) is 29.8 Å². The molecule has 1 aromatic rings. The Morgan fingerprint density at radius 3 is 2.28 bits per heavy atom. The van der Waals surface area contributed by atoms with Crippen LogP contribution in [0.5, 0.6) is 0 Å². The summed E-state index contributed by atoms with van der Waals surface area (Å²) in [5, 5.41) is 0. The van der Waals surface area contributed by atoms with Crippen LogP contribution in [0.3, 0.4) is 0 Å². The normalized spacial score (nSPS) is 17.2. The van der Waals surface area contributed by atoms with Crippen molar-refractivity contribution in [1.29, 1.82) is 0 Å². The zero-order valence-electron chi connectivity index (χ0n) is 15.5. The van der Waals surface area contributed by atoms with E-state index in [0.717, 1.165) is 19.3 Å². The Morgan fingerprint density at radius 2 is 1.76 bits per heavy atom. The van der Waals surface area contributed by atoms with Gasteiger partial charge in [-0.25, -0.2) is 13.1 Å². The average molecular weight is 367 g/mol. The van der Waals surface area contributed by atoms with Gasteiger partial charge in [0.25, 0.3) is 5.91 Å². The van der Waals surface area contributed by atoms with Crippen LogP contribution in [0.2, 0.25) is 0 Å². The van der Waals surface area contributed by atoms with Gasteiger partial charge in [0.2, 0.25) is 10.0 Å². The van der Waals surface area contributed by atoms with Crippen LogP contribution in [0.4, 0.5) is 0 Å². The summed E-state index contributed by atoms with van der Waals surface area (Å²) in [4.78, 5) is 15.0. The third-order valence-corrected chi connectivity index (χ3v) is 6.60. The number of rotatable bonds is 7. The van der Waals surface area contributed by atoms with Crippen molar-refractivity contribution in [2.75, 3.05) is 6.54 Å². The summed E-state index contributed by atoms with van der Waals surface area (Å²) in [5.41, 5.74) is 0.551. The molecular formula is C19H30N2O3S. The van der Waals surface area contributed by atoms with Crippen molar-refractivity contribution in [2.45, 2.75) is 76.3 Å². The first-order chi connectivity index (χ1) is 11.9. The zero-order valence-corrected chi connectivity index (χ0v) is 16.3. The molecule has 0 bridgehead atoms. The van der Waals surface area contributed by atoms with E-state index in [1.807, 2.05) is 25.7 Å². The lowest BCUT2D eigenvalue weighted by Crippen LogP contribution is -2.41. The van der Waals surface area contributed by atoms with Gasteiger partial charge in [0.15, 0.2) is 0 Å². The summed E-state index contributed by atoms with van der Waals surface area (Å²) in [5.74, 6) is -0.00627. The van der Waals surface area contributed by atoms with Gasteiger partial charge in [0.05, 0.1) is 4.90 Å². The maximum atomic E-state index is 12.8. The Hall–Kier alpha value is -1.40. The van der Waals surface area contributed by atoms with Gasteiger partial charge < -0.3 is 4.90 Å². The van der Waals surface area contributed by atoms with E-state index >= 15 is 0 Å². The number of hydrogen-bond acceptors (Lipinski definition) is 3. The van der Waals surface area contributed by atoms with E-state index in [-0.39, 0.29) is 16.8 Å². The molecule has 0 radical (unpaired) electrons. The molecule has 25 heavy (non-hydrogen) atoms. The molecule has 140 valence electrons. The second-order valence-electron chi connectivity index (χ2n) is 6.84. The Morgan fingerprint density at radius 1 is 1.16 bits per heavy atom. The van der Waals surface area contributed by atoms with Gasteiger partial charge in [-0.1, -0.05) is 26.2 Å². The number of amides is 1. The number of carbonyl (C=O) groups excluding carboxylic acids is 1. The number of sulfonamides is 1. The summed E-state index contributed by atoms with van der Waals surface area (Å²) in [7, 11) is -3.54. The Balaban J connectivity index is 2.13. The minimum atomic E-state index is -3.54. The van der Waals surface area contributed by atoms with Gasteiger partial charge in [-0.05, 0) is 57.4 Å². The molecule has 1 aliphatic carbocycles. The smallest absolute Gasteiger partial charge is 0.254 e. The van der Waals surface area contributed by atoms with Crippen molar-refractivity contribution < 1.29 is 13.2 Å². The van der Waals surface area contributed by atoms with Crippen molar-refractivity contribution >= 4 is 15.9 Å². The van der Waals surface area contributed by atoms with Crippen LogP contribution in [0.25, 0.3) is 0 Å². The highest BCUT2D eigenvalue weighted by molar-refractivity contribution is 7.89. The van der Waals surface area contributed by atoms with Crippen LogP contribution in [-0.4, -0.2) is 37.9 Å². The SMILES string of the molecule is CCC(C)NS(=O)(=O)c1ccc(C(=O)N(CC)C2CCCCC2)cc1. The van der Waals surface area contributed by atoms with Gasteiger partial charge in [-0.15, -0.1) is 0 Å². The molecule has 1 aromatic carbocycles. The minimum absolute atomic E-state index is 0.00627. The first-order valence-electron chi connectivity index (χ1n) is 9.32. The third-order valence-electron chi connectivity index (χ3n) is 5.00. The van der Waals surface area contributed by atoms with Gasteiger partial charge in [0, 0.05) is 24.2 Å². The third kappa shape index (κ3) is 5.05. The van der Waals surface area contributed by atoms with E-state index in [1.165, 1.54) is 31.4 Å². The predicted octanol–water partition coefficient (Wildman–Crippen LogP) is 3.56. The number of carbonyl (C=O) groups is 1. The first kappa shape index (κ1) is 19.9. The van der Waals surface area contributed by atoms with Gasteiger partial charge in [0.1, 0.15) is 0 Å². The van der Waals surface area contributed by atoms with Crippen LogP contribution >= 0.6 is 0 Å². The lowest BCUT2D eigenvalue weighted by Gasteiger charge is -2.33. The number of nitrogens with one attached hydrogen (secondary N) is 1. The van der Waals surface area contributed by atoms with Crippen molar-refractivity contribution in [3.63, 3.8) is 0 Å². The topological polar surface area (TPSA) is 66.5 Å². The van der Waals surface area contributed by atoms with Crippen LogP contribution in [0.15, 0.2) is 29.2 Å². The molecule has 1 saturated carbocycles. The lowest BCUT2D eigenvalue weighted by atomic mass is 9.93. The zero-order chi connectivity index (χ0) is 18.4. The summed E-state index contributed by atoms with van der Waals surface area (Å²) in [6, 6.07) is 6.48. The maximum absolute atomic E-state index is 12.8. The van der Waals surface area contributed by atoms with E-state index in [9.17, 15) is 13.2 Å². The Labute approximate surface area is 151 Å². The number of benzene rings is 1. The number of nitrogens with zero attached hydrogens (tertiary/aromatic N) is 1. The predicted molar refractivity (Wildman–Crippen MR) is 100 cm³/mol. The van der Waals surface area contributed by atoms with Crippen LogP contribution < -0.4 is 4.72 Å². The fraction of sp³-hybridized carbons (Fsp3) is 0.632. The number of hydrogen-bond donors (Lipinski definition) is 1. The molecule has 0 spiro atoms. The van der Waals surface area contributed by atoms with E-state index in [0.29, 0.717) is 18.2 Å². The molecular weight excluding hydrogens is 336 g/mol. The molecule has 0 aromatic heterocycles. The average Bonchev–Trinajstić information content (AvgIpc) is 2.63. The largest absolute Gasteiger partial charge is 0.336 e. The summed E-state index contributed by atoms with van der Waals surface area (Å²) < 4.78 is 27.3. The van der Waals surface area contributed by atoms with Crippen LogP contribution in [-0.2, 0) is 10.0 Å². The molecule has 0 saturated heterocycles. The quantitative estimate of drug-likeness (QED) is 0.802. The molecule has 1 atom stereocenters. The van der Waals surface area contributed by atoms with Crippen molar-refractivity contribution in [3.8, 4) is 0 Å². The van der Waals surface area contributed by atoms with E-state index in [1.54, 1.807) is 12.1 Å². The molecule has 1 aliphatic rings. The van der Waals surface area contributed by atoms with E-state index < -0.39 is 10.0 Å². The molecule has 0 aliphatic heterocycles. The second kappa shape index (κ2) is 8.81. The molecule has 1 N–H and O–H groups in total. The van der Waals surface area contributed by atoms with Gasteiger partial charge >= 0.3 is 0 Å². The highest BCUT2D eigenvalue weighted by Gasteiger charge is 2.25. The minimum Gasteiger partial charge on any atom is -0.336 e. The highest BCUT2D eigenvalue weighted by atomic mass is 32.2. The Kier molecular flexibility index (Phi) is 7.02. The molecule has 1 fully saturated rings. The fourth-order valence-corrected chi connectivity index (χ4v) is 4.65. The van der Waals surface area contributed by atoms with Crippen LogP contribution in [0, 0.1) is 0 Å². The monoisotopic (exact) mass is 366 g/mol. The standard InChI is InChI=1S/C19H30N2O3S/c1-4-15(3)20-25(23,24)18-13-11-16(12-14-18)19(22)21(5-2)17-9-7-6-8-10-17/h11-15,17,20H,4-10H2,1-3H3. The molecule has 1 amide bonds. The van der Waals surface area contributed by atoms with Gasteiger partial charge in [-0.2, -0.15) is 0 Å². The molecule has 1 unspecified atom stereocenters. The van der Waals surface area contributed by atoms with E-state index in [2.05, 4.69) is 4.72 Å². The molecule has 5 nitrogen and oxygen atoms in total. The van der Waals surface area contributed by atoms with Crippen molar-refractivity contribution in [1.82, 2.24) is 9.62 Å². The maximum Gasteiger partial charge on any atom is 0.254 e. The summed E-state index contributed by atoms with van der Waals surface area (Å²) in [6.45, 7) is 6.44. The van der Waals surface area contributed by atoms with Crippen molar-refractivity contribution in [2.24, 2.45) is 0 Å². The highest BCUT2D eigenvalue weighted by Crippen LogP contribution is 2.24.